The quantitative estimate of drug-likeness (QED) is 0.0228. The molecule has 12 heteroatoms. The van der Waals surface area contributed by atoms with E-state index in [0.717, 1.165) is 64.2 Å². The average Bonchev–Trinajstić information content (AvgIpc) is 3.35. The molecule has 1 rings (SSSR count). The molecule has 1 heterocycles. The zero-order valence-electron chi connectivity index (χ0n) is 44.7. The fourth-order valence-electron chi connectivity index (χ4n) is 8.26. The van der Waals surface area contributed by atoms with Gasteiger partial charge in [-0.1, -0.05) is 210 Å². The van der Waals surface area contributed by atoms with Crippen LogP contribution in [0.4, 0.5) is 0 Å². The largest absolute Gasteiger partial charge is 0.479 e. The maximum Gasteiger partial charge on any atom is 0.335 e. The second kappa shape index (κ2) is 47.4. The highest BCUT2D eigenvalue weighted by atomic mass is 16.7. The number of ether oxygens (including phenoxy) is 5. The molecular weight excluding hydrogens is 901 g/mol. The normalized spacial score (nSPS) is 18.9. The van der Waals surface area contributed by atoms with Crippen molar-refractivity contribution in [3.05, 3.63) is 60.8 Å². The third-order valence-corrected chi connectivity index (χ3v) is 12.6. The Labute approximate surface area is 430 Å². The summed E-state index contributed by atoms with van der Waals surface area (Å²) >= 11 is 0. The van der Waals surface area contributed by atoms with Crippen molar-refractivity contribution in [2.24, 2.45) is 0 Å². The van der Waals surface area contributed by atoms with Gasteiger partial charge in [0.15, 0.2) is 24.6 Å². The molecule has 3 N–H and O–H groups in total. The molecule has 0 aliphatic carbocycles. The lowest BCUT2D eigenvalue weighted by Gasteiger charge is -2.40. The second-order valence-corrected chi connectivity index (χ2v) is 19.2. The zero-order valence-corrected chi connectivity index (χ0v) is 44.7. The fraction of sp³-hybridized carbons (Fsp3) is 0.763. The molecule has 6 atom stereocenters. The van der Waals surface area contributed by atoms with Crippen molar-refractivity contribution in [1.29, 1.82) is 0 Å². The van der Waals surface area contributed by atoms with Gasteiger partial charge in [-0.15, -0.1) is 0 Å². The first kappa shape index (κ1) is 65.4. The van der Waals surface area contributed by atoms with Crippen LogP contribution in [0.2, 0.25) is 0 Å². The molecule has 0 saturated carbocycles. The highest BCUT2D eigenvalue weighted by molar-refractivity contribution is 5.74. The molecule has 0 radical (unpaired) electrons. The topological polar surface area (TPSA) is 175 Å². The molecule has 71 heavy (non-hydrogen) atoms. The number of carbonyl (C=O) groups is 4. The Kier molecular flexibility index (Phi) is 43.7. The Morgan fingerprint density at radius 3 is 1.41 bits per heavy atom. The molecule has 1 aliphatic rings. The van der Waals surface area contributed by atoms with E-state index in [-0.39, 0.29) is 25.9 Å². The van der Waals surface area contributed by atoms with E-state index in [9.17, 15) is 34.5 Å². The van der Waals surface area contributed by atoms with E-state index >= 15 is 0 Å². The lowest BCUT2D eigenvalue weighted by atomic mass is 9.98. The van der Waals surface area contributed by atoms with E-state index in [1.807, 2.05) is 12.2 Å². The Morgan fingerprint density at radius 1 is 0.479 bits per heavy atom. The van der Waals surface area contributed by atoms with E-state index in [0.29, 0.717) is 25.7 Å². The summed E-state index contributed by atoms with van der Waals surface area (Å²) in [5, 5.41) is 31.3. The van der Waals surface area contributed by atoms with Gasteiger partial charge in [0.05, 0.1) is 6.61 Å². The van der Waals surface area contributed by atoms with Gasteiger partial charge in [0, 0.05) is 19.3 Å². The third kappa shape index (κ3) is 37.8. The number of esters is 3. The Hall–Kier alpha value is -3.58. The monoisotopic (exact) mass is 1000 g/mol. The first-order chi connectivity index (χ1) is 34.6. The minimum absolute atomic E-state index is 0.0421. The average molecular weight is 1000 g/mol. The highest BCUT2D eigenvalue weighted by Crippen LogP contribution is 2.26. The highest BCUT2D eigenvalue weighted by Gasteiger charge is 2.50. The lowest BCUT2D eigenvalue weighted by molar-refractivity contribution is -0.301. The number of aliphatic hydroxyl groups is 2. The van der Waals surface area contributed by atoms with Gasteiger partial charge in [-0.3, -0.25) is 14.4 Å². The SMILES string of the molecule is CC/C=C\C/C=C\C/C=C\C/C=C\CCC(=O)OC(COC(=O)CCCCCCCCCCC/C=C\CCCCCCCC)COC1OC(C(=O)O)C(O)C(O)C1OC(=O)CCCCCCCCCCC. The first-order valence-electron chi connectivity index (χ1n) is 28.3. The zero-order chi connectivity index (χ0) is 51.8. The molecular formula is C59H100O12. The maximum atomic E-state index is 13.1. The van der Waals surface area contributed by atoms with Gasteiger partial charge in [0.1, 0.15) is 18.8 Å². The number of allylic oxidation sites excluding steroid dienone is 10. The number of carbonyl (C=O) groups excluding carboxylic acids is 3. The van der Waals surface area contributed by atoms with Crippen molar-refractivity contribution >= 4 is 23.9 Å². The molecule has 408 valence electrons. The Morgan fingerprint density at radius 2 is 0.915 bits per heavy atom. The molecule has 0 aromatic rings. The van der Waals surface area contributed by atoms with Crippen LogP contribution in [0.1, 0.15) is 239 Å². The van der Waals surface area contributed by atoms with E-state index in [1.54, 1.807) is 0 Å². The standard InChI is InChI=1S/C59H100O12/c1-4-7-10-13-16-19-21-23-24-25-26-27-28-30-31-34-36-39-42-45-51(60)67-48-50(69-52(61)46-43-40-38-35-32-29-22-20-17-14-11-8-5-2)49-68-59-57(55(64)54(63)56(71-59)58(65)66)70-53(62)47-44-41-37-33-18-15-12-9-6-3/h8,11,17,20,23-24,29,32,38,40,50,54-57,59,63-64H,4-7,9-10,12-16,18-19,21-22,25-28,30-31,33-37,39,41-49H2,1-3H3,(H,65,66)/b11-8-,20-17-,24-23-,32-29-,40-38-. The van der Waals surface area contributed by atoms with Gasteiger partial charge in [-0.2, -0.15) is 0 Å². The number of unbranched alkanes of at least 4 members (excludes halogenated alkanes) is 23. The smallest absolute Gasteiger partial charge is 0.335 e. The van der Waals surface area contributed by atoms with Gasteiger partial charge in [0.2, 0.25) is 0 Å². The molecule has 0 amide bonds. The number of carboxylic acid groups (broad SMARTS) is 1. The summed E-state index contributed by atoms with van der Waals surface area (Å²) in [6.07, 6.45) is 45.2. The van der Waals surface area contributed by atoms with Crippen molar-refractivity contribution < 1.29 is 58.2 Å². The summed E-state index contributed by atoms with van der Waals surface area (Å²) in [7, 11) is 0. The van der Waals surface area contributed by atoms with E-state index in [1.165, 1.54) is 109 Å². The summed E-state index contributed by atoms with van der Waals surface area (Å²) in [5.74, 6) is -3.23. The fourth-order valence-corrected chi connectivity index (χ4v) is 8.26. The van der Waals surface area contributed by atoms with Gasteiger partial charge in [-0.05, 0) is 70.6 Å². The lowest BCUT2D eigenvalue weighted by Crippen LogP contribution is -2.61. The second-order valence-electron chi connectivity index (χ2n) is 19.2. The van der Waals surface area contributed by atoms with Crippen molar-refractivity contribution in [3.63, 3.8) is 0 Å². The van der Waals surface area contributed by atoms with Crippen LogP contribution < -0.4 is 0 Å². The van der Waals surface area contributed by atoms with Crippen LogP contribution in [0.5, 0.6) is 0 Å². The summed E-state index contributed by atoms with van der Waals surface area (Å²) in [6.45, 7) is 5.77. The Balaban J connectivity index is 2.69. The van der Waals surface area contributed by atoms with E-state index in [4.69, 9.17) is 23.7 Å². The molecule has 1 saturated heterocycles. The van der Waals surface area contributed by atoms with Crippen LogP contribution in [0, 0.1) is 0 Å². The Bertz CT molecular complexity index is 1470. The number of hydrogen-bond donors (Lipinski definition) is 3. The first-order valence-corrected chi connectivity index (χ1v) is 28.3. The molecule has 6 unspecified atom stereocenters. The number of carboxylic acids is 1. The molecule has 0 aromatic heterocycles. The van der Waals surface area contributed by atoms with Crippen LogP contribution in [0.15, 0.2) is 60.8 Å². The molecule has 0 bridgehead atoms. The van der Waals surface area contributed by atoms with Crippen LogP contribution in [0.25, 0.3) is 0 Å². The molecule has 12 nitrogen and oxygen atoms in total. The molecule has 0 spiro atoms. The van der Waals surface area contributed by atoms with Crippen LogP contribution in [0.3, 0.4) is 0 Å². The van der Waals surface area contributed by atoms with Gasteiger partial charge in [-0.25, -0.2) is 4.79 Å². The minimum atomic E-state index is -1.91. The van der Waals surface area contributed by atoms with Crippen LogP contribution in [-0.2, 0) is 42.9 Å². The van der Waals surface area contributed by atoms with Gasteiger partial charge < -0.3 is 39.0 Å². The van der Waals surface area contributed by atoms with E-state index < -0.39 is 67.3 Å². The van der Waals surface area contributed by atoms with Crippen LogP contribution >= 0.6 is 0 Å². The molecule has 1 aliphatic heterocycles. The number of rotatable bonds is 47. The third-order valence-electron chi connectivity index (χ3n) is 12.6. The van der Waals surface area contributed by atoms with E-state index in [2.05, 4.69) is 69.4 Å². The summed E-state index contributed by atoms with van der Waals surface area (Å²) in [6, 6.07) is 0. The molecule has 0 aromatic carbocycles. The number of aliphatic hydroxyl groups excluding tert-OH is 2. The van der Waals surface area contributed by atoms with Crippen molar-refractivity contribution in [2.45, 2.75) is 276 Å². The maximum absolute atomic E-state index is 13.1. The van der Waals surface area contributed by atoms with Crippen molar-refractivity contribution in [1.82, 2.24) is 0 Å². The predicted molar refractivity (Wildman–Crippen MR) is 285 cm³/mol. The van der Waals surface area contributed by atoms with Gasteiger partial charge >= 0.3 is 23.9 Å². The van der Waals surface area contributed by atoms with Crippen LogP contribution in [-0.4, -0.2) is 89.2 Å². The predicted octanol–water partition coefficient (Wildman–Crippen LogP) is 14.0. The minimum Gasteiger partial charge on any atom is -0.479 e. The summed E-state index contributed by atoms with van der Waals surface area (Å²) in [5.41, 5.74) is 0. The number of hydrogen-bond acceptors (Lipinski definition) is 11. The number of aliphatic carboxylic acids is 1. The summed E-state index contributed by atoms with van der Waals surface area (Å²) < 4.78 is 28.2. The summed E-state index contributed by atoms with van der Waals surface area (Å²) in [4.78, 5) is 50.8. The van der Waals surface area contributed by atoms with Gasteiger partial charge in [0.25, 0.3) is 0 Å². The van der Waals surface area contributed by atoms with Crippen molar-refractivity contribution in [2.75, 3.05) is 13.2 Å². The molecule has 1 fully saturated rings. The van der Waals surface area contributed by atoms with Crippen molar-refractivity contribution in [3.8, 4) is 0 Å².